The SMILES string of the molecule is [2H]c1c([2H])c([2H])c2c(c1[2H])c1c([2H])c([2H])c([2H])c([2H])c1n2-c1ccc2c(c1)N(c1c(-c3ccccc3)cc(C(C)(C)C)cc1-c1ccccc1)c1cc(-c3cccc(C(C)(C)C)c3)cc3c1B2c1ccc(-c2cc(C(C)(C)C)cc(C(C)(C)C)c2)cc1N3c1c(-c2ccccc2)cc(C(C)(C)C)cc1-c1nc(-c2ccccc2)nc(-c2ccccc2)n1. The van der Waals surface area contributed by atoms with E-state index in [1.54, 1.807) is 4.57 Å². The van der Waals surface area contributed by atoms with Gasteiger partial charge in [0.05, 0.1) is 33.4 Å². The lowest BCUT2D eigenvalue weighted by atomic mass is 9.33. The van der Waals surface area contributed by atoms with Crippen LogP contribution in [0.3, 0.4) is 0 Å². The van der Waals surface area contributed by atoms with E-state index in [-0.39, 0.29) is 55.6 Å². The smallest absolute Gasteiger partial charge is 0.252 e. The molecule has 18 rings (SSSR count). The van der Waals surface area contributed by atoms with Gasteiger partial charge in [0.25, 0.3) is 6.71 Å². The Morgan fingerprint density at radius 2 is 0.614 bits per heavy atom. The molecule has 4 heterocycles. The number of nitrogens with zero attached hydrogens (tertiary/aromatic N) is 6. The van der Waals surface area contributed by atoms with Gasteiger partial charge < -0.3 is 14.4 Å². The molecule has 0 fully saturated rings. The van der Waals surface area contributed by atoms with Crippen molar-refractivity contribution in [2.75, 3.05) is 9.80 Å². The molecule has 7 heteroatoms. The number of rotatable bonds is 11. The summed E-state index contributed by atoms with van der Waals surface area (Å²) in [5, 5.41) is -0.0102. The lowest BCUT2D eigenvalue weighted by Crippen LogP contribution is -2.61. The molecule has 0 saturated heterocycles. The zero-order valence-corrected chi connectivity index (χ0v) is 67.7. The van der Waals surface area contributed by atoms with Crippen LogP contribution in [-0.4, -0.2) is 26.2 Å². The third-order valence-corrected chi connectivity index (χ3v) is 23.0. The van der Waals surface area contributed by atoms with Crippen LogP contribution in [0.1, 0.15) is 143 Å². The summed E-state index contributed by atoms with van der Waals surface area (Å²) < 4.78 is 78.2. The Morgan fingerprint density at radius 1 is 0.272 bits per heavy atom. The van der Waals surface area contributed by atoms with Crippen molar-refractivity contribution in [1.29, 1.82) is 0 Å². The molecule has 0 N–H and O–H groups in total. The largest absolute Gasteiger partial charge is 0.310 e. The number of benzene rings is 14. The zero-order valence-electron chi connectivity index (χ0n) is 75.7. The number of para-hydroxylation sites is 2. The normalized spacial score (nSPS) is 14.0. The van der Waals surface area contributed by atoms with Crippen molar-refractivity contribution in [3.63, 3.8) is 0 Å². The summed E-state index contributed by atoms with van der Waals surface area (Å²) in [6.45, 7) is 33.5. The van der Waals surface area contributed by atoms with Gasteiger partial charge in [-0.1, -0.05) is 352 Å². The number of hydrogen-bond donors (Lipinski definition) is 0. The molecule has 16 aromatic rings. The molecule has 2 aromatic heterocycles. The second-order valence-corrected chi connectivity index (χ2v) is 35.9. The van der Waals surface area contributed by atoms with Crippen LogP contribution in [0.25, 0.3) is 117 Å². The van der Waals surface area contributed by atoms with Crippen LogP contribution in [0, 0.1) is 0 Å². The van der Waals surface area contributed by atoms with E-state index in [9.17, 15) is 11.0 Å². The molecular formula is C107H97BN6. The van der Waals surface area contributed by atoms with Gasteiger partial charge in [-0.15, -0.1) is 0 Å². The molecule has 0 amide bonds. The van der Waals surface area contributed by atoms with E-state index >= 15 is 0 Å². The third kappa shape index (κ3) is 13.1. The van der Waals surface area contributed by atoms with Gasteiger partial charge >= 0.3 is 0 Å². The van der Waals surface area contributed by atoms with Gasteiger partial charge in [0, 0.05) is 72.6 Å². The van der Waals surface area contributed by atoms with Crippen molar-refractivity contribution in [1.82, 2.24) is 19.5 Å². The fourth-order valence-electron chi connectivity index (χ4n) is 16.7. The molecule has 0 atom stereocenters. The minimum Gasteiger partial charge on any atom is -0.310 e. The van der Waals surface area contributed by atoms with E-state index in [0.29, 0.717) is 23.2 Å². The van der Waals surface area contributed by atoms with Crippen molar-refractivity contribution >= 4 is 79.0 Å². The van der Waals surface area contributed by atoms with E-state index in [1.807, 2.05) is 42.5 Å². The molecule has 6 nitrogen and oxygen atoms in total. The Labute approximate surface area is 684 Å². The molecular weight excluding hydrogens is 1380 g/mol. The maximum Gasteiger partial charge on any atom is 0.252 e. The van der Waals surface area contributed by atoms with Gasteiger partial charge in [-0.2, -0.15) is 0 Å². The number of fused-ring (bicyclic) bond motifs is 7. The summed E-state index contributed by atoms with van der Waals surface area (Å²) in [6.07, 6.45) is 0. The van der Waals surface area contributed by atoms with E-state index in [4.69, 9.17) is 15.0 Å². The molecule has 14 aromatic carbocycles. The first-order chi connectivity index (χ1) is 58.0. The standard InChI is InChI=1S/C107H97BN6/c1-103(2,3)77-47-35-46-73(56-77)76-60-95-97-96(61-76)114(98-85(68-36-21-16-22-37-68)63-80(106(10,11)12)64-86(98)69-38-23-17-24-39-69)94-67-82(112-91-50-33-31-48-83(91)84-49-32-34-51-92(84)112)53-55-90(94)108(97)89-54-52-74(75-57-78(104(4,5)6)62-79(58-75)105(7,8)9)59-93(89)113(95)99-87(70-40-25-18-26-41-70)65-81(107(13,14)15)66-88(99)102-110-100(71-42-27-19-28-43-71)109-101(111-102)72-44-29-20-30-45-72/h16-67H,1-15H3/i31D,32D,33D,34D,48D,49D,50D,51D. The first-order valence-electron chi connectivity index (χ1n) is 43.8. The summed E-state index contributed by atoms with van der Waals surface area (Å²) in [7, 11) is 0. The third-order valence-electron chi connectivity index (χ3n) is 23.0. The monoisotopic (exact) mass is 1480 g/mol. The van der Waals surface area contributed by atoms with Crippen LogP contribution >= 0.6 is 0 Å². The van der Waals surface area contributed by atoms with Crippen molar-refractivity contribution in [3.8, 4) is 95.5 Å². The fraction of sp³-hybridized carbons (Fsp3) is 0.187. The van der Waals surface area contributed by atoms with E-state index in [0.717, 1.165) is 140 Å². The molecule has 558 valence electrons. The van der Waals surface area contributed by atoms with Gasteiger partial charge in [0.15, 0.2) is 17.5 Å². The highest BCUT2D eigenvalue weighted by atomic mass is 15.2. The van der Waals surface area contributed by atoms with E-state index in [1.165, 1.54) is 11.1 Å². The molecule has 0 bridgehead atoms. The van der Waals surface area contributed by atoms with Crippen LogP contribution in [-0.2, 0) is 27.1 Å². The summed E-state index contributed by atoms with van der Waals surface area (Å²) in [6, 6.07) is 92.4. The second kappa shape index (κ2) is 27.7. The molecule has 0 aliphatic carbocycles. The van der Waals surface area contributed by atoms with Gasteiger partial charge in [-0.05, 0) is 177 Å². The van der Waals surface area contributed by atoms with Crippen LogP contribution in [0.15, 0.2) is 315 Å². The topological polar surface area (TPSA) is 50.1 Å². The highest BCUT2D eigenvalue weighted by Crippen LogP contribution is 2.56. The van der Waals surface area contributed by atoms with Crippen molar-refractivity contribution in [2.45, 2.75) is 131 Å². The average molecular weight is 1490 g/mol. The quantitative estimate of drug-likeness (QED) is 0.121. The number of aromatic nitrogens is 4. The summed E-state index contributed by atoms with van der Waals surface area (Å²) in [4.78, 5) is 21.9. The lowest BCUT2D eigenvalue weighted by molar-refractivity contribution is 0.569. The highest BCUT2D eigenvalue weighted by molar-refractivity contribution is 7.00. The summed E-state index contributed by atoms with van der Waals surface area (Å²) >= 11 is 0. The highest BCUT2D eigenvalue weighted by Gasteiger charge is 2.47. The van der Waals surface area contributed by atoms with Crippen molar-refractivity contribution in [3.05, 3.63) is 343 Å². The Bertz CT molecular complexity index is 6710. The summed E-state index contributed by atoms with van der Waals surface area (Å²) in [5.41, 5.74) is 24.7. The molecule has 2 aliphatic rings. The first kappa shape index (κ1) is 64.1. The maximum absolute atomic E-state index is 9.99. The molecule has 0 spiro atoms. The Balaban J connectivity index is 1.08. The molecule has 114 heavy (non-hydrogen) atoms. The lowest BCUT2D eigenvalue weighted by Gasteiger charge is -2.46. The molecule has 2 aliphatic heterocycles. The van der Waals surface area contributed by atoms with Crippen LogP contribution in [0.4, 0.5) is 34.1 Å². The minimum absolute atomic E-state index is 0.00512. The number of anilines is 6. The number of hydrogen-bond acceptors (Lipinski definition) is 5. The fourth-order valence-corrected chi connectivity index (χ4v) is 16.7. The second-order valence-electron chi connectivity index (χ2n) is 35.9. The Kier molecular flexibility index (Phi) is 15.6. The molecule has 0 unspecified atom stereocenters. The van der Waals surface area contributed by atoms with Gasteiger partial charge in [-0.3, -0.25) is 0 Å². The van der Waals surface area contributed by atoms with E-state index in [2.05, 4.69) is 338 Å². The predicted molar refractivity (Wildman–Crippen MR) is 485 cm³/mol. The average Bonchev–Trinajstić information content (AvgIpc) is 1.57. The molecule has 0 radical (unpaired) electrons. The maximum atomic E-state index is 9.99. The van der Waals surface area contributed by atoms with Gasteiger partial charge in [0.2, 0.25) is 0 Å². The first-order valence-corrected chi connectivity index (χ1v) is 39.8. The van der Waals surface area contributed by atoms with Gasteiger partial charge in [0.1, 0.15) is 0 Å². The van der Waals surface area contributed by atoms with Gasteiger partial charge in [-0.25, -0.2) is 15.0 Å². The Morgan fingerprint density at radius 3 is 1.06 bits per heavy atom. The summed E-state index contributed by atoms with van der Waals surface area (Å²) in [5.74, 6) is 1.51. The van der Waals surface area contributed by atoms with E-state index < -0.39 is 48.4 Å². The van der Waals surface area contributed by atoms with Crippen LogP contribution in [0.2, 0.25) is 0 Å². The minimum atomic E-state index is -0.590. The predicted octanol–water partition coefficient (Wildman–Crippen LogP) is 26.9. The van der Waals surface area contributed by atoms with Crippen molar-refractivity contribution in [2.24, 2.45) is 0 Å². The zero-order chi connectivity index (χ0) is 85.9. The van der Waals surface area contributed by atoms with Crippen LogP contribution < -0.4 is 26.2 Å². The van der Waals surface area contributed by atoms with Crippen LogP contribution in [0.5, 0.6) is 0 Å². The Hall–Kier alpha value is -12.4. The molecule has 0 saturated carbocycles. The van der Waals surface area contributed by atoms with Crippen molar-refractivity contribution < 1.29 is 11.0 Å².